The van der Waals surface area contributed by atoms with Gasteiger partial charge in [-0.25, -0.2) is 0 Å². The number of nitrogens with one attached hydrogen (secondary N) is 1. The van der Waals surface area contributed by atoms with Gasteiger partial charge in [0.15, 0.2) is 5.82 Å². The van der Waals surface area contributed by atoms with Crippen LogP contribution >= 0.6 is 0 Å². The topological polar surface area (TPSA) is 93.5 Å². The number of hydrogen-bond acceptors (Lipinski definition) is 4. The number of carbonyl (C=O) groups is 2. The molecule has 7 heteroatoms. The molecule has 0 aliphatic rings. The molecule has 88 valence electrons. The highest BCUT2D eigenvalue weighted by Gasteiger charge is 2.06. The molecule has 0 saturated heterocycles. The van der Waals surface area contributed by atoms with Gasteiger partial charge in [-0.2, -0.15) is 5.10 Å². The molecule has 0 atom stereocenters. The van der Waals surface area contributed by atoms with Gasteiger partial charge < -0.3 is 15.2 Å². The normalized spacial score (nSPS) is 10.1. The second-order valence-electron chi connectivity index (χ2n) is 2.98. The number of aliphatic carboxylic acids is 1. The van der Waals surface area contributed by atoms with Crippen LogP contribution in [0.15, 0.2) is 12.3 Å². The molecule has 0 aliphatic carbocycles. The lowest BCUT2D eigenvalue weighted by atomic mass is 10.5. The standard InChI is InChI=1S/C9H13N3O4/c1-2-16-6-8(13)10-7-3-4-12(11-7)5-9(14)15/h3-4H,2,5-6H2,1H3,(H,14,15)(H,10,11,13). The minimum absolute atomic E-state index is 0.0394. The number of ether oxygens (including phenoxy) is 1. The van der Waals surface area contributed by atoms with E-state index in [4.69, 9.17) is 9.84 Å². The summed E-state index contributed by atoms with van der Waals surface area (Å²) in [5, 5.41) is 14.8. The maximum Gasteiger partial charge on any atom is 0.325 e. The van der Waals surface area contributed by atoms with Crippen molar-refractivity contribution >= 4 is 17.7 Å². The molecule has 1 heterocycles. The first-order valence-electron chi connectivity index (χ1n) is 4.74. The van der Waals surface area contributed by atoms with E-state index >= 15 is 0 Å². The molecule has 0 radical (unpaired) electrons. The van der Waals surface area contributed by atoms with E-state index in [-0.39, 0.29) is 19.1 Å². The molecule has 0 fully saturated rings. The average molecular weight is 227 g/mol. The van der Waals surface area contributed by atoms with E-state index in [1.807, 2.05) is 0 Å². The maximum absolute atomic E-state index is 11.2. The molecular weight excluding hydrogens is 214 g/mol. The maximum atomic E-state index is 11.2. The van der Waals surface area contributed by atoms with Gasteiger partial charge in [-0.15, -0.1) is 0 Å². The van der Waals surface area contributed by atoms with Crippen LogP contribution < -0.4 is 5.32 Å². The first-order valence-corrected chi connectivity index (χ1v) is 4.74. The molecule has 0 aliphatic heterocycles. The fourth-order valence-electron chi connectivity index (χ4n) is 1.03. The summed E-state index contributed by atoms with van der Waals surface area (Å²) >= 11 is 0. The van der Waals surface area contributed by atoms with Crippen molar-refractivity contribution in [3.8, 4) is 0 Å². The molecule has 0 aromatic carbocycles. The molecule has 0 spiro atoms. The third kappa shape index (κ3) is 4.09. The molecule has 2 N–H and O–H groups in total. The third-order valence-electron chi connectivity index (χ3n) is 1.64. The lowest BCUT2D eigenvalue weighted by Gasteiger charge is -2.01. The van der Waals surface area contributed by atoms with Crippen LogP contribution in [0.2, 0.25) is 0 Å². The summed E-state index contributed by atoms with van der Waals surface area (Å²) in [5.41, 5.74) is 0. The quantitative estimate of drug-likeness (QED) is 0.710. The Morgan fingerprint density at radius 3 is 3.00 bits per heavy atom. The van der Waals surface area contributed by atoms with Gasteiger partial charge in [-0.3, -0.25) is 14.3 Å². The molecule has 1 aromatic heterocycles. The zero-order chi connectivity index (χ0) is 12.0. The number of carbonyl (C=O) groups excluding carboxylic acids is 1. The second-order valence-corrected chi connectivity index (χ2v) is 2.98. The first kappa shape index (κ1) is 12.2. The summed E-state index contributed by atoms with van der Waals surface area (Å²) in [7, 11) is 0. The van der Waals surface area contributed by atoms with E-state index in [2.05, 4.69) is 10.4 Å². The largest absolute Gasteiger partial charge is 0.480 e. The predicted molar refractivity (Wildman–Crippen MR) is 55.0 cm³/mol. The Morgan fingerprint density at radius 2 is 2.38 bits per heavy atom. The number of carboxylic acids is 1. The van der Waals surface area contributed by atoms with Gasteiger partial charge in [0.25, 0.3) is 5.91 Å². The Balaban J connectivity index is 2.45. The number of carboxylic acid groups (broad SMARTS) is 1. The Kier molecular flexibility index (Phi) is 4.46. The Labute approximate surface area is 92.0 Å². The fourth-order valence-corrected chi connectivity index (χ4v) is 1.03. The number of aromatic nitrogens is 2. The summed E-state index contributed by atoms with van der Waals surface area (Å²) < 4.78 is 6.12. The van der Waals surface area contributed by atoms with Crippen molar-refractivity contribution in [2.75, 3.05) is 18.5 Å². The average Bonchev–Trinajstić information content (AvgIpc) is 2.61. The zero-order valence-electron chi connectivity index (χ0n) is 8.84. The van der Waals surface area contributed by atoms with Crippen molar-refractivity contribution in [3.63, 3.8) is 0 Å². The highest BCUT2D eigenvalue weighted by atomic mass is 16.5. The predicted octanol–water partition coefficient (Wildman–Crippen LogP) is -0.0573. The monoisotopic (exact) mass is 227 g/mol. The van der Waals surface area contributed by atoms with E-state index in [1.165, 1.54) is 16.9 Å². The van der Waals surface area contributed by atoms with Gasteiger partial charge >= 0.3 is 5.97 Å². The lowest BCUT2D eigenvalue weighted by Crippen LogP contribution is -2.19. The summed E-state index contributed by atoms with van der Waals surface area (Å²) in [6, 6.07) is 1.52. The zero-order valence-corrected chi connectivity index (χ0v) is 8.84. The van der Waals surface area contributed by atoms with Crippen LogP contribution in [0.3, 0.4) is 0 Å². The minimum atomic E-state index is -0.990. The molecule has 1 aromatic rings. The lowest BCUT2D eigenvalue weighted by molar-refractivity contribution is -0.137. The molecule has 7 nitrogen and oxygen atoms in total. The van der Waals surface area contributed by atoms with Crippen molar-refractivity contribution in [1.29, 1.82) is 0 Å². The van der Waals surface area contributed by atoms with E-state index in [1.54, 1.807) is 6.92 Å². The SMILES string of the molecule is CCOCC(=O)Nc1ccn(CC(=O)O)n1. The smallest absolute Gasteiger partial charge is 0.325 e. The number of hydrogen-bond donors (Lipinski definition) is 2. The molecule has 0 saturated carbocycles. The number of rotatable bonds is 6. The van der Waals surface area contributed by atoms with Crippen LogP contribution in [0.1, 0.15) is 6.92 Å². The summed E-state index contributed by atoms with van der Waals surface area (Å²) in [6.07, 6.45) is 1.48. The Bertz CT molecular complexity index is 375. The van der Waals surface area contributed by atoms with Gasteiger partial charge in [0.1, 0.15) is 13.2 Å². The fraction of sp³-hybridized carbons (Fsp3) is 0.444. The van der Waals surface area contributed by atoms with E-state index in [9.17, 15) is 9.59 Å². The molecule has 0 bridgehead atoms. The van der Waals surface area contributed by atoms with Crippen LogP contribution in [0.25, 0.3) is 0 Å². The van der Waals surface area contributed by atoms with Gasteiger partial charge in [0, 0.05) is 18.9 Å². The van der Waals surface area contributed by atoms with Crippen LogP contribution in [-0.2, 0) is 20.9 Å². The van der Waals surface area contributed by atoms with Crippen molar-refractivity contribution in [2.24, 2.45) is 0 Å². The van der Waals surface area contributed by atoms with Gasteiger partial charge in [-0.05, 0) is 6.92 Å². The third-order valence-corrected chi connectivity index (χ3v) is 1.64. The molecule has 1 amide bonds. The molecule has 1 rings (SSSR count). The summed E-state index contributed by atoms with van der Waals surface area (Å²) in [5.74, 6) is -0.997. The van der Waals surface area contributed by atoms with Gasteiger partial charge in [0.2, 0.25) is 0 Å². The van der Waals surface area contributed by atoms with E-state index in [0.29, 0.717) is 12.4 Å². The van der Waals surface area contributed by atoms with Gasteiger partial charge in [0.05, 0.1) is 0 Å². The molecule has 16 heavy (non-hydrogen) atoms. The summed E-state index contributed by atoms with van der Waals surface area (Å²) in [6.45, 7) is 1.97. The minimum Gasteiger partial charge on any atom is -0.480 e. The van der Waals surface area contributed by atoms with Crippen molar-refractivity contribution in [1.82, 2.24) is 9.78 Å². The van der Waals surface area contributed by atoms with Crippen LogP contribution in [0, 0.1) is 0 Å². The van der Waals surface area contributed by atoms with Crippen LogP contribution in [-0.4, -0.2) is 40.0 Å². The molecule has 0 unspecified atom stereocenters. The number of nitrogens with zero attached hydrogens (tertiary/aromatic N) is 2. The second kappa shape index (κ2) is 5.86. The van der Waals surface area contributed by atoms with Crippen molar-refractivity contribution < 1.29 is 19.4 Å². The summed E-state index contributed by atoms with van der Waals surface area (Å²) in [4.78, 5) is 21.6. The molecular formula is C9H13N3O4. The Hall–Kier alpha value is -1.89. The van der Waals surface area contributed by atoms with Crippen molar-refractivity contribution in [3.05, 3.63) is 12.3 Å². The van der Waals surface area contributed by atoms with E-state index in [0.717, 1.165) is 0 Å². The highest BCUT2D eigenvalue weighted by molar-refractivity contribution is 5.90. The van der Waals surface area contributed by atoms with Crippen LogP contribution in [0.4, 0.5) is 5.82 Å². The van der Waals surface area contributed by atoms with Crippen LogP contribution in [0.5, 0.6) is 0 Å². The van der Waals surface area contributed by atoms with E-state index < -0.39 is 5.97 Å². The number of amides is 1. The van der Waals surface area contributed by atoms with Gasteiger partial charge in [-0.1, -0.05) is 0 Å². The number of anilines is 1. The highest BCUT2D eigenvalue weighted by Crippen LogP contribution is 2.01. The Morgan fingerprint density at radius 1 is 1.62 bits per heavy atom. The van der Waals surface area contributed by atoms with Crippen molar-refractivity contribution in [2.45, 2.75) is 13.5 Å². The first-order chi connectivity index (χ1) is 7.61.